The maximum atomic E-state index is 6.09. The number of rotatable bonds is 3. The van der Waals surface area contributed by atoms with Crippen LogP contribution >= 0.6 is 27.3 Å². The van der Waals surface area contributed by atoms with Crippen LogP contribution in [0.5, 0.6) is 0 Å². The smallest absolute Gasteiger partial charge is 0.0431 e. The van der Waals surface area contributed by atoms with E-state index < -0.39 is 0 Å². The molecule has 1 atom stereocenters. The molecule has 4 heteroatoms. The van der Waals surface area contributed by atoms with E-state index in [1.807, 2.05) is 17.6 Å². The Morgan fingerprint density at radius 3 is 3.00 bits per heavy atom. The number of pyridine rings is 1. The zero-order chi connectivity index (χ0) is 10.7. The first-order valence-corrected chi connectivity index (χ1v) is 6.31. The molecule has 0 saturated carbocycles. The van der Waals surface area contributed by atoms with E-state index in [9.17, 15) is 0 Å². The minimum atomic E-state index is 0.0705. The van der Waals surface area contributed by atoms with Gasteiger partial charge in [-0.25, -0.2) is 0 Å². The molecule has 0 amide bonds. The number of thiophene rings is 1. The maximum Gasteiger partial charge on any atom is 0.0431 e. The van der Waals surface area contributed by atoms with Crippen LogP contribution in [0.1, 0.15) is 16.5 Å². The Labute approximate surface area is 101 Å². The Bertz CT molecular complexity index is 428. The molecule has 2 aromatic rings. The van der Waals surface area contributed by atoms with Crippen molar-refractivity contribution in [2.24, 2.45) is 5.73 Å². The first-order valence-electron chi connectivity index (χ1n) is 4.64. The van der Waals surface area contributed by atoms with Gasteiger partial charge in [0.2, 0.25) is 0 Å². The fourth-order valence-corrected chi connectivity index (χ4v) is 2.57. The highest BCUT2D eigenvalue weighted by atomic mass is 79.9. The highest BCUT2D eigenvalue weighted by Gasteiger charge is 2.08. The monoisotopic (exact) mass is 282 g/mol. The molecule has 2 N–H and O–H groups in total. The molecule has 78 valence electrons. The highest BCUT2D eigenvalue weighted by Crippen LogP contribution is 2.21. The van der Waals surface area contributed by atoms with Gasteiger partial charge in [0.15, 0.2) is 0 Å². The van der Waals surface area contributed by atoms with E-state index in [0.29, 0.717) is 0 Å². The second kappa shape index (κ2) is 4.88. The van der Waals surface area contributed by atoms with Gasteiger partial charge in [0.1, 0.15) is 0 Å². The van der Waals surface area contributed by atoms with Crippen LogP contribution in [0.15, 0.2) is 40.4 Å². The van der Waals surface area contributed by atoms with Crippen LogP contribution in [-0.2, 0) is 6.42 Å². The number of nitrogens with zero attached hydrogens (tertiary/aromatic N) is 1. The molecule has 15 heavy (non-hydrogen) atoms. The molecular weight excluding hydrogens is 272 g/mol. The molecule has 0 fully saturated rings. The van der Waals surface area contributed by atoms with E-state index in [0.717, 1.165) is 16.5 Å². The molecule has 2 heterocycles. The predicted molar refractivity (Wildman–Crippen MR) is 66.9 cm³/mol. The van der Waals surface area contributed by atoms with Crippen LogP contribution in [0.4, 0.5) is 0 Å². The van der Waals surface area contributed by atoms with Crippen LogP contribution in [0.3, 0.4) is 0 Å². The van der Waals surface area contributed by atoms with Crippen molar-refractivity contribution in [2.75, 3.05) is 0 Å². The van der Waals surface area contributed by atoms with Crippen molar-refractivity contribution in [1.29, 1.82) is 0 Å². The normalized spacial score (nSPS) is 12.7. The van der Waals surface area contributed by atoms with Gasteiger partial charge < -0.3 is 5.73 Å². The van der Waals surface area contributed by atoms with Gasteiger partial charge in [0.05, 0.1) is 0 Å². The SMILES string of the molecule is NC(Cc1cncc(Br)c1)c1cccs1. The molecule has 2 rings (SSSR count). The summed E-state index contributed by atoms with van der Waals surface area (Å²) < 4.78 is 0.998. The van der Waals surface area contributed by atoms with Crippen LogP contribution in [0, 0.1) is 0 Å². The largest absolute Gasteiger partial charge is 0.323 e. The van der Waals surface area contributed by atoms with E-state index >= 15 is 0 Å². The highest BCUT2D eigenvalue weighted by molar-refractivity contribution is 9.10. The van der Waals surface area contributed by atoms with Crippen LogP contribution in [-0.4, -0.2) is 4.98 Å². The number of hydrogen-bond acceptors (Lipinski definition) is 3. The minimum absolute atomic E-state index is 0.0705. The Kier molecular flexibility index (Phi) is 3.51. The summed E-state index contributed by atoms with van der Waals surface area (Å²) in [7, 11) is 0. The van der Waals surface area contributed by atoms with Gasteiger partial charge in [0, 0.05) is 27.8 Å². The van der Waals surface area contributed by atoms with E-state index in [-0.39, 0.29) is 6.04 Å². The molecule has 0 aliphatic rings. The summed E-state index contributed by atoms with van der Waals surface area (Å²) in [5, 5.41) is 2.05. The predicted octanol–water partition coefficient (Wildman–Crippen LogP) is 3.15. The summed E-state index contributed by atoms with van der Waals surface area (Å²) >= 11 is 5.10. The van der Waals surface area contributed by atoms with Gasteiger partial charge in [-0.1, -0.05) is 6.07 Å². The third kappa shape index (κ3) is 2.87. The lowest BCUT2D eigenvalue weighted by Crippen LogP contribution is -2.11. The molecule has 0 aliphatic carbocycles. The quantitative estimate of drug-likeness (QED) is 0.939. The summed E-state index contributed by atoms with van der Waals surface area (Å²) in [6.45, 7) is 0. The summed E-state index contributed by atoms with van der Waals surface area (Å²) in [4.78, 5) is 5.34. The molecule has 0 spiro atoms. The Hall–Kier alpha value is -0.710. The maximum absolute atomic E-state index is 6.09. The van der Waals surface area contributed by atoms with Gasteiger partial charge in [0.25, 0.3) is 0 Å². The average Bonchev–Trinajstić information content (AvgIpc) is 2.70. The first-order chi connectivity index (χ1) is 7.25. The molecule has 2 aromatic heterocycles. The number of halogens is 1. The third-order valence-corrected chi connectivity index (χ3v) is 3.56. The van der Waals surface area contributed by atoms with Crippen molar-refractivity contribution in [3.8, 4) is 0 Å². The Morgan fingerprint density at radius 1 is 1.47 bits per heavy atom. The van der Waals surface area contributed by atoms with Crippen LogP contribution in [0.25, 0.3) is 0 Å². The van der Waals surface area contributed by atoms with E-state index in [2.05, 4.69) is 33.0 Å². The number of nitrogens with two attached hydrogens (primary N) is 1. The van der Waals surface area contributed by atoms with Gasteiger partial charge >= 0.3 is 0 Å². The molecule has 0 aromatic carbocycles. The second-order valence-electron chi connectivity index (χ2n) is 3.34. The lowest BCUT2D eigenvalue weighted by Gasteiger charge is -2.09. The van der Waals surface area contributed by atoms with Crippen molar-refractivity contribution in [2.45, 2.75) is 12.5 Å². The van der Waals surface area contributed by atoms with Gasteiger partial charge in [-0.15, -0.1) is 11.3 Å². The van der Waals surface area contributed by atoms with Crippen molar-refractivity contribution in [1.82, 2.24) is 4.98 Å². The fraction of sp³-hybridized carbons (Fsp3) is 0.182. The molecular formula is C11H11BrN2S. The minimum Gasteiger partial charge on any atom is -0.323 e. The topological polar surface area (TPSA) is 38.9 Å². The lowest BCUT2D eigenvalue weighted by molar-refractivity contribution is 0.733. The summed E-state index contributed by atoms with van der Waals surface area (Å²) in [6, 6.07) is 6.22. The molecule has 0 saturated heterocycles. The summed E-state index contributed by atoms with van der Waals surface area (Å²) in [5.41, 5.74) is 7.25. The summed E-state index contributed by atoms with van der Waals surface area (Å²) in [6.07, 6.45) is 4.46. The fourth-order valence-electron chi connectivity index (χ4n) is 1.42. The number of aromatic nitrogens is 1. The van der Waals surface area contributed by atoms with Crippen molar-refractivity contribution in [3.63, 3.8) is 0 Å². The van der Waals surface area contributed by atoms with Gasteiger partial charge in [-0.2, -0.15) is 0 Å². The zero-order valence-electron chi connectivity index (χ0n) is 8.06. The molecule has 0 bridgehead atoms. The van der Waals surface area contributed by atoms with Crippen LogP contribution in [0.2, 0.25) is 0 Å². The van der Waals surface area contributed by atoms with Gasteiger partial charge in [-0.3, -0.25) is 4.98 Å². The van der Waals surface area contributed by atoms with Crippen molar-refractivity contribution >= 4 is 27.3 Å². The zero-order valence-corrected chi connectivity index (χ0v) is 10.5. The third-order valence-electron chi connectivity index (χ3n) is 2.13. The van der Waals surface area contributed by atoms with Crippen molar-refractivity contribution in [3.05, 3.63) is 50.9 Å². The molecule has 2 nitrogen and oxygen atoms in total. The standard InChI is InChI=1S/C11H11BrN2S/c12-9-4-8(6-14-7-9)5-10(13)11-2-1-3-15-11/h1-4,6-7,10H,5,13H2. The van der Waals surface area contributed by atoms with Gasteiger partial charge in [-0.05, 0) is 45.4 Å². The summed E-state index contributed by atoms with van der Waals surface area (Å²) in [5.74, 6) is 0. The molecule has 0 radical (unpaired) electrons. The lowest BCUT2D eigenvalue weighted by atomic mass is 10.1. The van der Waals surface area contributed by atoms with E-state index in [1.165, 1.54) is 4.88 Å². The Balaban J connectivity index is 2.09. The van der Waals surface area contributed by atoms with Crippen LogP contribution < -0.4 is 5.73 Å². The number of hydrogen-bond donors (Lipinski definition) is 1. The van der Waals surface area contributed by atoms with Crippen molar-refractivity contribution < 1.29 is 0 Å². The molecule has 0 aliphatic heterocycles. The molecule has 1 unspecified atom stereocenters. The Morgan fingerprint density at radius 2 is 2.33 bits per heavy atom. The second-order valence-corrected chi connectivity index (χ2v) is 5.23. The van der Waals surface area contributed by atoms with E-state index in [4.69, 9.17) is 5.73 Å². The van der Waals surface area contributed by atoms with E-state index in [1.54, 1.807) is 17.5 Å². The first kappa shape index (κ1) is 10.8. The average molecular weight is 283 g/mol.